The van der Waals surface area contributed by atoms with Crippen molar-refractivity contribution in [1.82, 2.24) is 0 Å². The van der Waals surface area contributed by atoms with Crippen molar-refractivity contribution in [3.63, 3.8) is 0 Å². The van der Waals surface area contributed by atoms with Crippen LogP contribution < -0.4 is 0 Å². The van der Waals surface area contributed by atoms with Gasteiger partial charge in [0.2, 0.25) is 0 Å². The molecule has 4 aliphatic carbocycles. The first-order valence-corrected chi connectivity index (χ1v) is 11.9. The Morgan fingerprint density at radius 3 is 2.58 bits per heavy atom. The minimum atomic E-state index is 0.100. The molecule has 1 unspecified atom stereocenters. The molecule has 5 rings (SSSR count). The van der Waals surface area contributed by atoms with E-state index in [0.717, 1.165) is 36.7 Å². The van der Waals surface area contributed by atoms with Crippen LogP contribution in [0.3, 0.4) is 0 Å². The van der Waals surface area contributed by atoms with Gasteiger partial charge in [-0.3, -0.25) is 0 Å². The van der Waals surface area contributed by atoms with Crippen molar-refractivity contribution in [2.24, 2.45) is 34.5 Å². The van der Waals surface area contributed by atoms with Crippen LogP contribution in [-0.4, -0.2) is 19.0 Å². The highest BCUT2D eigenvalue weighted by Gasteiger charge is 2.57. The molecule has 1 saturated heterocycles. The van der Waals surface area contributed by atoms with E-state index in [2.05, 4.69) is 13.8 Å². The van der Waals surface area contributed by atoms with Gasteiger partial charge in [-0.15, -0.1) is 0 Å². The minimum Gasteiger partial charge on any atom is -0.353 e. The first-order valence-electron chi connectivity index (χ1n) is 11.9. The van der Waals surface area contributed by atoms with Gasteiger partial charge in [0.05, 0.1) is 6.10 Å². The van der Waals surface area contributed by atoms with Crippen molar-refractivity contribution < 1.29 is 9.47 Å². The smallest absolute Gasteiger partial charge is 0.157 e. The molecule has 5 fully saturated rings. The lowest BCUT2D eigenvalue weighted by atomic mass is 9.45. The topological polar surface area (TPSA) is 18.5 Å². The number of rotatable bonds is 2. The molecule has 1 heterocycles. The average Bonchev–Trinajstić information content (AvgIpc) is 3.05. The van der Waals surface area contributed by atoms with Gasteiger partial charge in [-0.1, -0.05) is 20.3 Å². The van der Waals surface area contributed by atoms with Crippen molar-refractivity contribution in [3.8, 4) is 0 Å². The molecule has 2 heteroatoms. The molecule has 0 spiro atoms. The van der Waals surface area contributed by atoms with Crippen LogP contribution in [0.25, 0.3) is 0 Å². The zero-order chi connectivity index (χ0) is 17.8. The van der Waals surface area contributed by atoms with Crippen LogP contribution >= 0.6 is 0 Å². The van der Waals surface area contributed by atoms with Crippen molar-refractivity contribution >= 4 is 0 Å². The molecule has 0 aromatic rings. The van der Waals surface area contributed by atoms with E-state index >= 15 is 0 Å². The highest BCUT2D eigenvalue weighted by atomic mass is 16.7. The van der Waals surface area contributed by atoms with Crippen molar-refractivity contribution in [1.29, 1.82) is 0 Å². The van der Waals surface area contributed by atoms with Crippen LogP contribution in [0.15, 0.2) is 0 Å². The van der Waals surface area contributed by atoms with E-state index < -0.39 is 0 Å². The van der Waals surface area contributed by atoms with Crippen LogP contribution in [0.1, 0.15) is 97.3 Å². The lowest BCUT2D eigenvalue weighted by Crippen LogP contribution is -2.53. The molecule has 8 atom stereocenters. The van der Waals surface area contributed by atoms with E-state index in [9.17, 15) is 0 Å². The molecule has 0 amide bonds. The second kappa shape index (κ2) is 6.76. The van der Waals surface area contributed by atoms with Crippen molar-refractivity contribution in [3.05, 3.63) is 0 Å². The van der Waals surface area contributed by atoms with E-state index in [4.69, 9.17) is 9.47 Å². The maximum absolute atomic E-state index is 6.43. The Morgan fingerprint density at radius 2 is 1.73 bits per heavy atom. The predicted molar refractivity (Wildman–Crippen MR) is 105 cm³/mol. The highest BCUT2D eigenvalue weighted by molar-refractivity contribution is 5.07. The molecule has 0 radical (unpaired) electrons. The summed E-state index contributed by atoms with van der Waals surface area (Å²) in [7, 11) is 0. The summed E-state index contributed by atoms with van der Waals surface area (Å²) in [6.45, 7) is 6.21. The van der Waals surface area contributed by atoms with Gasteiger partial charge in [-0.2, -0.15) is 0 Å². The van der Waals surface area contributed by atoms with E-state index in [1.165, 1.54) is 77.0 Å². The monoisotopic (exact) mass is 360 g/mol. The first-order chi connectivity index (χ1) is 12.6. The fourth-order valence-corrected chi connectivity index (χ4v) is 8.37. The number of ether oxygens (including phenoxy) is 2. The molecule has 148 valence electrons. The lowest BCUT2D eigenvalue weighted by Gasteiger charge is -2.60. The lowest BCUT2D eigenvalue weighted by molar-refractivity contribution is -0.211. The quantitative estimate of drug-likeness (QED) is 0.536. The largest absolute Gasteiger partial charge is 0.353 e. The average molecular weight is 361 g/mol. The van der Waals surface area contributed by atoms with Crippen molar-refractivity contribution in [2.45, 2.75) is 110 Å². The first kappa shape index (κ1) is 18.0. The molecule has 0 aromatic carbocycles. The van der Waals surface area contributed by atoms with Crippen LogP contribution in [-0.2, 0) is 9.47 Å². The van der Waals surface area contributed by atoms with Gasteiger partial charge in [0.15, 0.2) is 6.29 Å². The van der Waals surface area contributed by atoms with E-state index in [1.54, 1.807) is 0 Å². The molecule has 0 bridgehead atoms. The second-order valence-corrected chi connectivity index (χ2v) is 11.1. The van der Waals surface area contributed by atoms with Gasteiger partial charge in [0.25, 0.3) is 0 Å². The zero-order valence-electron chi connectivity index (χ0n) is 17.2. The Bertz CT molecular complexity index is 512. The molecular formula is C24H40O2. The molecule has 4 saturated carbocycles. The summed E-state index contributed by atoms with van der Waals surface area (Å²) in [5.74, 6) is 3.99. The van der Waals surface area contributed by atoms with E-state index in [1.807, 2.05) is 0 Å². The van der Waals surface area contributed by atoms with E-state index in [-0.39, 0.29) is 6.29 Å². The Balaban J connectivity index is 1.27. The third kappa shape index (κ3) is 2.89. The summed E-state index contributed by atoms with van der Waals surface area (Å²) in [5.41, 5.74) is 1.29. The summed E-state index contributed by atoms with van der Waals surface area (Å²) in [4.78, 5) is 0. The number of hydrogen-bond donors (Lipinski definition) is 0. The van der Waals surface area contributed by atoms with Crippen LogP contribution in [0.5, 0.6) is 0 Å². The molecule has 26 heavy (non-hydrogen) atoms. The van der Waals surface area contributed by atoms with Crippen molar-refractivity contribution in [2.75, 3.05) is 6.61 Å². The van der Waals surface area contributed by atoms with Gasteiger partial charge >= 0.3 is 0 Å². The van der Waals surface area contributed by atoms with Gasteiger partial charge < -0.3 is 9.47 Å². The second-order valence-electron chi connectivity index (χ2n) is 11.1. The highest BCUT2D eigenvalue weighted by Crippen LogP contribution is 2.66. The maximum Gasteiger partial charge on any atom is 0.157 e. The summed E-state index contributed by atoms with van der Waals surface area (Å²) >= 11 is 0. The summed E-state index contributed by atoms with van der Waals surface area (Å²) in [6, 6.07) is 0. The fraction of sp³-hybridized carbons (Fsp3) is 1.00. The predicted octanol–water partition coefficient (Wildman–Crippen LogP) is 6.33. The molecular weight excluding hydrogens is 320 g/mol. The van der Waals surface area contributed by atoms with Gasteiger partial charge in [0, 0.05) is 6.61 Å². The Hall–Kier alpha value is -0.0800. The SMILES string of the molecule is C[C@@]12CCC[C@H]1[C@@H]1CC[C@H]3C[C@@H](OC4CCCCO4)CC[C@]3(C)[C@H]1CC2. The molecule has 2 nitrogen and oxygen atoms in total. The normalized spacial score (nSPS) is 54.2. The third-order valence-corrected chi connectivity index (χ3v) is 9.88. The number of fused-ring (bicyclic) bond motifs is 5. The maximum atomic E-state index is 6.43. The van der Waals surface area contributed by atoms with Gasteiger partial charge in [-0.05, 0) is 112 Å². The third-order valence-electron chi connectivity index (χ3n) is 9.88. The summed E-state index contributed by atoms with van der Waals surface area (Å²) in [6.07, 6.45) is 18.7. The zero-order valence-corrected chi connectivity index (χ0v) is 17.2. The summed E-state index contributed by atoms with van der Waals surface area (Å²) < 4.78 is 12.3. The minimum absolute atomic E-state index is 0.100. The number of hydrogen-bond acceptors (Lipinski definition) is 2. The van der Waals surface area contributed by atoms with Crippen LogP contribution in [0.2, 0.25) is 0 Å². The Kier molecular flexibility index (Phi) is 4.68. The summed E-state index contributed by atoms with van der Waals surface area (Å²) in [5, 5.41) is 0. The molecule has 0 N–H and O–H groups in total. The van der Waals surface area contributed by atoms with Gasteiger partial charge in [0.1, 0.15) is 0 Å². The van der Waals surface area contributed by atoms with Crippen LogP contribution in [0, 0.1) is 34.5 Å². The Labute approximate surface area is 160 Å². The van der Waals surface area contributed by atoms with Gasteiger partial charge in [-0.25, -0.2) is 0 Å². The van der Waals surface area contributed by atoms with E-state index in [0.29, 0.717) is 16.9 Å². The Morgan fingerprint density at radius 1 is 0.808 bits per heavy atom. The molecule has 5 aliphatic rings. The standard InChI is InChI=1S/C24H40O2/c1-23-12-5-6-20(23)19-9-8-17-16-18(26-22-7-3-4-15-25-22)10-14-24(17,2)21(19)11-13-23/h17-22H,3-16H2,1-2H3/t17-,18-,19-,20-,21-,22?,23-,24-/m0/s1. The fourth-order valence-electron chi connectivity index (χ4n) is 8.37. The molecule has 1 aliphatic heterocycles. The van der Waals surface area contributed by atoms with Crippen LogP contribution in [0.4, 0.5) is 0 Å². The molecule has 0 aromatic heterocycles.